The van der Waals surface area contributed by atoms with E-state index in [1.165, 1.54) is 14.2 Å². The molecule has 0 aliphatic rings. The summed E-state index contributed by atoms with van der Waals surface area (Å²) in [6.07, 6.45) is 3.92. The lowest BCUT2D eigenvalue weighted by atomic mass is 10.1. The van der Waals surface area contributed by atoms with Crippen molar-refractivity contribution in [3.8, 4) is 5.75 Å². The summed E-state index contributed by atoms with van der Waals surface area (Å²) in [4.78, 5) is 11.8. The van der Waals surface area contributed by atoms with Crippen molar-refractivity contribution in [2.75, 3.05) is 20.8 Å². The molecule has 4 nitrogen and oxygen atoms in total. The Bertz CT molecular complexity index is 571. The highest BCUT2D eigenvalue weighted by Crippen LogP contribution is 2.36. The van der Waals surface area contributed by atoms with Crippen molar-refractivity contribution < 1.29 is 18.7 Å². The second-order valence-corrected chi connectivity index (χ2v) is 11.7. The molecule has 0 aliphatic heterocycles. The van der Waals surface area contributed by atoms with E-state index < -0.39 is 14.3 Å². The van der Waals surface area contributed by atoms with Crippen LogP contribution in [-0.2, 0) is 9.16 Å². The van der Waals surface area contributed by atoms with Crippen LogP contribution in [0.2, 0.25) is 18.1 Å². The minimum absolute atomic E-state index is 0.193. The van der Waals surface area contributed by atoms with Crippen LogP contribution in [0.5, 0.6) is 5.75 Å². The van der Waals surface area contributed by atoms with Crippen LogP contribution in [0.4, 0.5) is 0 Å². The van der Waals surface area contributed by atoms with E-state index in [1.54, 1.807) is 12.1 Å². The first-order chi connectivity index (χ1) is 10.6. The predicted octanol–water partition coefficient (Wildman–Crippen LogP) is 4.52. The monoisotopic (exact) mass is 336 g/mol. The summed E-state index contributed by atoms with van der Waals surface area (Å²) in [7, 11) is 1.15. The van der Waals surface area contributed by atoms with Gasteiger partial charge in [-0.1, -0.05) is 39.0 Å². The van der Waals surface area contributed by atoms with Crippen molar-refractivity contribution in [1.29, 1.82) is 0 Å². The maximum Gasteiger partial charge on any atom is 0.341 e. The number of carbonyl (C=O) groups excluding carboxylic acids is 1. The zero-order chi connectivity index (χ0) is 17.7. The zero-order valence-electron chi connectivity index (χ0n) is 15.2. The zero-order valence-corrected chi connectivity index (χ0v) is 16.2. The van der Waals surface area contributed by atoms with Crippen LogP contribution in [0.25, 0.3) is 6.08 Å². The van der Waals surface area contributed by atoms with E-state index in [9.17, 15) is 4.79 Å². The molecule has 0 bridgehead atoms. The minimum atomic E-state index is -1.74. The van der Waals surface area contributed by atoms with Gasteiger partial charge in [-0.2, -0.15) is 0 Å². The molecule has 5 heteroatoms. The third-order valence-corrected chi connectivity index (χ3v) is 8.79. The fourth-order valence-electron chi connectivity index (χ4n) is 1.76. The summed E-state index contributed by atoms with van der Waals surface area (Å²) >= 11 is 0. The molecule has 128 valence electrons. The standard InChI is InChI=1S/C18H28O4Si/c1-18(2,3)23(6,7)22-12-8-9-14-10-11-16(20-4)15(13-14)17(19)21-5/h8-11,13H,12H2,1-7H3/b9-8+. The number of hydrogen-bond acceptors (Lipinski definition) is 4. The van der Waals surface area contributed by atoms with Crippen molar-refractivity contribution in [3.05, 3.63) is 35.4 Å². The summed E-state index contributed by atoms with van der Waals surface area (Å²) < 4.78 is 16.1. The molecule has 0 heterocycles. The summed E-state index contributed by atoms with van der Waals surface area (Å²) in [5, 5.41) is 0.193. The third-order valence-electron chi connectivity index (χ3n) is 4.29. The van der Waals surface area contributed by atoms with Gasteiger partial charge in [0.1, 0.15) is 11.3 Å². The summed E-state index contributed by atoms with van der Waals surface area (Å²) in [6, 6.07) is 5.42. The number of methoxy groups -OCH3 is 2. The smallest absolute Gasteiger partial charge is 0.341 e. The summed E-state index contributed by atoms with van der Waals surface area (Å²) in [6.45, 7) is 11.7. The fourth-order valence-corrected chi connectivity index (χ4v) is 2.70. The number of rotatable bonds is 6. The topological polar surface area (TPSA) is 44.8 Å². The predicted molar refractivity (Wildman–Crippen MR) is 96.5 cm³/mol. The van der Waals surface area contributed by atoms with Gasteiger partial charge < -0.3 is 13.9 Å². The molecule has 0 N–H and O–H groups in total. The second kappa shape index (κ2) is 7.79. The summed E-state index contributed by atoms with van der Waals surface area (Å²) in [5.41, 5.74) is 1.33. The van der Waals surface area contributed by atoms with Crippen molar-refractivity contribution in [2.24, 2.45) is 0 Å². The first-order valence-corrected chi connectivity index (χ1v) is 10.6. The van der Waals surface area contributed by atoms with Gasteiger partial charge in [-0.3, -0.25) is 0 Å². The molecule has 0 atom stereocenters. The maximum atomic E-state index is 11.8. The Morgan fingerprint density at radius 3 is 2.39 bits per heavy atom. The van der Waals surface area contributed by atoms with Crippen LogP contribution in [0, 0.1) is 0 Å². The van der Waals surface area contributed by atoms with Gasteiger partial charge in [-0.05, 0) is 35.8 Å². The number of carbonyl (C=O) groups is 1. The normalized spacial score (nSPS) is 12.5. The van der Waals surface area contributed by atoms with E-state index >= 15 is 0 Å². The highest BCUT2D eigenvalue weighted by Gasteiger charge is 2.36. The highest BCUT2D eigenvalue weighted by atomic mass is 28.4. The largest absolute Gasteiger partial charge is 0.496 e. The Labute approximate surface area is 140 Å². The minimum Gasteiger partial charge on any atom is -0.496 e. The SMILES string of the molecule is COC(=O)c1cc(/C=C/CO[Si](C)(C)C(C)(C)C)ccc1OC. The average Bonchev–Trinajstić information content (AvgIpc) is 2.49. The Morgan fingerprint density at radius 1 is 1.22 bits per heavy atom. The number of esters is 1. The molecule has 0 unspecified atom stereocenters. The van der Waals surface area contributed by atoms with Gasteiger partial charge in [0.2, 0.25) is 0 Å². The molecule has 0 saturated heterocycles. The molecule has 0 radical (unpaired) electrons. The van der Waals surface area contributed by atoms with E-state index in [0.29, 0.717) is 17.9 Å². The molecule has 1 aromatic rings. The molecular formula is C18H28O4Si. The van der Waals surface area contributed by atoms with Gasteiger partial charge in [0.25, 0.3) is 0 Å². The summed E-state index contributed by atoms with van der Waals surface area (Å²) in [5.74, 6) is 0.0983. The first kappa shape index (κ1) is 19.5. The van der Waals surface area contributed by atoms with E-state index in [-0.39, 0.29) is 5.04 Å². The van der Waals surface area contributed by atoms with Crippen LogP contribution < -0.4 is 4.74 Å². The molecule has 0 aliphatic carbocycles. The lowest BCUT2D eigenvalue weighted by Gasteiger charge is -2.35. The number of hydrogen-bond donors (Lipinski definition) is 0. The molecular weight excluding hydrogens is 308 g/mol. The molecule has 23 heavy (non-hydrogen) atoms. The Hall–Kier alpha value is -1.59. The Balaban J connectivity index is 2.80. The molecule has 1 aromatic carbocycles. The Morgan fingerprint density at radius 2 is 1.87 bits per heavy atom. The lowest BCUT2D eigenvalue weighted by molar-refractivity contribution is 0.0597. The van der Waals surface area contributed by atoms with Crippen LogP contribution >= 0.6 is 0 Å². The molecule has 0 saturated carbocycles. The number of benzene rings is 1. The van der Waals surface area contributed by atoms with E-state index in [2.05, 4.69) is 33.9 Å². The van der Waals surface area contributed by atoms with Crippen LogP contribution in [0.15, 0.2) is 24.3 Å². The van der Waals surface area contributed by atoms with Crippen LogP contribution in [0.3, 0.4) is 0 Å². The first-order valence-electron chi connectivity index (χ1n) is 7.69. The van der Waals surface area contributed by atoms with Gasteiger partial charge in [-0.25, -0.2) is 4.79 Å². The van der Waals surface area contributed by atoms with Gasteiger partial charge in [-0.15, -0.1) is 0 Å². The van der Waals surface area contributed by atoms with Crippen molar-refractivity contribution in [2.45, 2.75) is 38.9 Å². The Kier molecular flexibility index (Phi) is 6.59. The molecule has 0 amide bonds. The average molecular weight is 337 g/mol. The molecule has 0 aromatic heterocycles. The van der Waals surface area contributed by atoms with Crippen LogP contribution in [0.1, 0.15) is 36.7 Å². The third kappa shape index (κ3) is 5.22. The van der Waals surface area contributed by atoms with Gasteiger partial charge >= 0.3 is 5.97 Å². The van der Waals surface area contributed by atoms with Crippen molar-refractivity contribution >= 4 is 20.4 Å². The highest BCUT2D eigenvalue weighted by molar-refractivity contribution is 6.74. The van der Waals surface area contributed by atoms with Crippen LogP contribution in [-0.4, -0.2) is 35.1 Å². The van der Waals surface area contributed by atoms with Crippen molar-refractivity contribution in [3.63, 3.8) is 0 Å². The fraction of sp³-hybridized carbons (Fsp3) is 0.500. The van der Waals surface area contributed by atoms with Gasteiger partial charge in [0.05, 0.1) is 20.8 Å². The lowest BCUT2D eigenvalue weighted by Crippen LogP contribution is -2.40. The maximum absolute atomic E-state index is 11.8. The second-order valence-electron chi connectivity index (χ2n) is 6.92. The quantitative estimate of drug-likeness (QED) is 0.566. The molecule has 0 spiro atoms. The van der Waals surface area contributed by atoms with Crippen molar-refractivity contribution in [1.82, 2.24) is 0 Å². The number of ether oxygens (including phenoxy) is 2. The van der Waals surface area contributed by atoms with E-state index in [4.69, 9.17) is 13.9 Å². The molecule has 0 fully saturated rings. The van der Waals surface area contributed by atoms with E-state index in [0.717, 1.165) is 5.56 Å². The van der Waals surface area contributed by atoms with Gasteiger partial charge in [0.15, 0.2) is 8.32 Å². The van der Waals surface area contributed by atoms with Gasteiger partial charge in [0, 0.05) is 0 Å². The molecule has 1 rings (SSSR count). The van der Waals surface area contributed by atoms with E-state index in [1.807, 2.05) is 18.2 Å².